The minimum Gasteiger partial charge on any atom is -0.340 e. The van der Waals surface area contributed by atoms with Gasteiger partial charge in [0.1, 0.15) is 23.3 Å². The van der Waals surface area contributed by atoms with Crippen molar-refractivity contribution in [2.24, 2.45) is 5.84 Å². The summed E-state index contributed by atoms with van der Waals surface area (Å²) in [7, 11) is 0. The van der Waals surface area contributed by atoms with E-state index in [0.717, 1.165) is 11.3 Å². The first-order valence-corrected chi connectivity index (χ1v) is 6.90. The lowest BCUT2D eigenvalue weighted by molar-refractivity contribution is 0.620. The van der Waals surface area contributed by atoms with Gasteiger partial charge in [0, 0.05) is 18.2 Å². The molecule has 7 heteroatoms. The zero-order chi connectivity index (χ0) is 14.7. The van der Waals surface area contributed by atoms with Gasteiger partial charge in [-0.1, -0.05) is 6.92 Å². The molecule has 4 N–H and O–H groups in total. The molecule has 0 atom stereocenters. The average Bonchev–Trinajstić information content (AvgIpc) is 2.44. The summed E-state index contributed by atoms with van der Waals surface area (Å²) in [4.78, 5) is 8.57. The van der Waals surface area contributed by atoms with Crippen LogP contribution in [0.2, 0.25) is 0 Å². The topological polar surface area (TPSA) is 75.9 Å². The third-order valence-corrected chi connectivity index (χ3v) is 3.37. The number of hydrazine groups is 1. The van der Waals surface area contributed by atoms with Gasteiger partial charge in [0.25, 0.3) is 0 Å². The molecule has 106 valence electrons. The molecule has 0 bridgehead atoms. The van der Waals surface area contributed by atoms with Crippen LogP contribution in [0, 0.1) is 12.7 Å². The Hall–Kier alpha value is -1.73. The van der Waals surface area contributed by atoms with Crippen molar-refractivity contribution >= 4 is 33.3 Å². The van der Waals surface area contributed by atoms with E-state index in [9.17, 15) is 4.39 Å². The van der Waals surface area contributed by atoms with E-state index in [-0.39, 0.29) is 5.82 Å². The fourth-order valence-corrected chi connectivity index (χ4v) is 2.06. The molecule has 0 aliphatic carbocycles. The third kappa shape index (κ3) is 3.23. The summed E-state index contributed by atoms with van der Waals surface area (Å²) in [5.74, 6) is 6.89. The maximum absolute atomic E-state index is 13.4. The maximum Gasteiger partial charge on any atom is 0.145 e. The predicted molar refractivity (Wildman–Crippen MR) is 81.3 cm³/mol. The van der Waals surface area contributed by atoms with E-state index in [1.54, 1.807) is 12.1 Å². The van der Waals surface area contributed by atoms with E-state index in [1.807, 2.05) is 13.8 Å². The van der Waals surface area contributed by atoms with Crippen LogP contribution in [0.5, 0.6) is 0 Å². The first kappa shape index (κ1) is 14.7. The summed E-state index contributed by atoms with van der Waals surface area (Å²) in [5.41, 5.74) is 4.05. The van der Waals surface area contributed by atoms with Crippen molar-refractivity contribution in [3.8, 4) is 0 Å². The lowest BCUT2D eigenvalue weighted by Crippen LogP contribution is -2.11. The molecule has 0 saturated heterocycles. The van der Waals surface area contributed by atoms with Gasteiger partial charge in [0.15, 0.2) is 0 Å². The highest BCUT2D eigenvalue weighted by Gasteiger charge is 2.08. The van der Waals surface area contributed by atoms with Crippen LogP contribution >= 0.6 is 15.9 Å². The Morgan fingerprint density at radius 3 is 2.60 bits per heavy atom. The van der Waals surface area contributed by atoms with Crippen LogP contribution in [0.1, 0.15) is 18.3 Å². The summed E-state index contributed by atoms with van der Waals surface area (Å²) in [5, 5.41) is 3.15. The van der Waals surface area contributed by atoms with Crippen LogP contribution in [0.25, 0.3) is 0 Å². The largest absolute Gasteiger partial charge is 0.340 e. The van der Waals surface area contributed by atoms with E-state index in [1.165, 1.54) is 6.07 Å². The number of nitrogens with two attached hydrogens (primary N) is 1. The molecule has 0 fully saturated rings. The summed E-state index contributed by atoms with van der Waals surface area (Å²) in [6.45, 7) is 3.78. The Kier molecular flexibility index (Phi) is 4.51. The lowest BCUT2D eigenvalue weighted by Gasteiger charge is -2.12. The molecule has 2 aromatic rings. The van der Waals surface area contributed by atoms with Crippen LogP contribution < -0.4 is 16.6 Å². The second kappa shape index (κ2) is 6.15. The summed E-state index contributed by atoms with van der Waals surface area (Å²) in [6, 6.07) is 4.82. The van der Waals surface area contributed by atoms with Gasteiger partial charge >= 0.3 is 0 Å². The van der Waals surface area contributed by atoms with Gasteiger partial charge in [0.2, 0.25) is 0 Å². The van der Waals surface area contributed by atoms with Gasteiger partial charge in [-0.05, 0) is 40.5 Å². The van der Waals surface area contributed by atoms with E-state index >= 15 is 0 Å². The van der Waals surface area contributed by atoms with E-state index < -0.39 is 0 Å². The molecule has 1 aromatic heterocycles. The van der Waals surface area contributed by atoms with Gasteiger partial charge in [-0.3, -0.25) is 0 Å². The van der Waals surface area contributed by atoms with Crippen LogP contribution in [-0.2, 0) is 6.42 Å². The molecule has 1 aromatic carbocycles. The van der Waals surface area contributed by atoms with E-state index in [0.29, 0.717) is 28.4 Å². The molecule has 0 unspecified atom stereocenters. The molecule has 0 aliphatic rings. The summed E-state index contributed by atoms with van der Waals surface area (Å²) in [6.07, 6.45) is 0.691. The van der Waals surface area contributed by atoms with Crippen molar-refractivity contribution in [1.29, 1.82) is 0 Å². The Morgan fingerprint density at radius 1 is 1.25 bits per heavy atom. The van der Waals surface area contributed by atoms with Crippen LogP contribution in [0.3, 0.4) is 0 Å². The van der Waals surface area contributed by atoms with Crippen molar-refractivity contribution in [3.63, 3.8) is 0 Å². The minimum atomic E-state index is -0.297. The monoisotopic (exact) mass is 339 g/mol. The molecule has 0 radical (unpaired) electrons. The normalized spacial score (nSPS) is 10.4. The highest BCUT2D eigenvalue weighted by Crippen LogP contribution is 2.27. The summed E-state index contributed by atoms with van der Waals surface area (Å²) >= 11 is 3.17. The molecular weight excluding hydrogens is 325 g/mol. The number of halogens is 2. The quantitative estimate of drug-likeness (QED) is 0.588. The number of nitrogen functional groups attached to an aromatic ring is 1. The molecule has 5 nitrogen and oxygen atoms in total. The first-order valence-electron chi connectivity index (χ1n) is 6.10. The van der Waals surface area contributed by atoms with Gasteiger partial charge in [-0.15, -0.1) is 0 Å². The van der Waals surface area contributed by atoms with Crippen molar-refractivity contribution < 1.29 is 4.39 Å². The predicted octanol–water partition coefficient (Wildman–Crippen LogP) is 3.28. The number of anilines is 3. The number of aromatic nitrogens is 2. The number of nitrogens with zero attached hydrogens (tertiary/aromatic N) is 2. The second-order valence-electron chi connectivity index (χ2n) is 4.26. The Bertz CT molecular complexity index is 610. The molecule has 1 heterocycles. The van der Waals surface area contributed by atoms with Gasteiger partial charge in [0.05, 0.1) is 4.47 Å². The van der Waals surface area contributed by atoms with Gasteiger partial charge in [-0.2, -0.15) is 0 Å². The van der Waals surface area contributed by atoms with Gasteiger partial charge < -0.3 is 10.7 Å². The number of benzene rings is 1. The average molecular weight is 340 g/mol. The van der Waals surface area contributed by atoms with Gasteiger partial charge in [-0.25, -0.2) is 20.2 Å². The van der Waals surface area contributed by atoms with Crippen LogP contribution in [0.15, 0.2) is 22.7 Å². The third-order valence-electron chi connectivity index (χ3n) is 2.77. The highest BCUT2D eigenvalue weighted by molar-refractivity contribution is 9.10. The van der Waals surface area contributed by atoms with E-state index in [2.05, 4.69) is 36.6 Å². The Labute approximate surface area is 124 Å². The van der Waals surface area contributed by atoms with Crippen molar-refractivity contribution in [2.45, 2.75) is 20.3 Å². The summed E-state index contributed by atoms with van der Waals surface area (Å²) < 4.78 is 13.8. The number of nitrogens with one attached hydrogen (secondary N) is 2. The zero-order valence-corrected chi connectivity index (χ0v) is 12.8. The smallest absolute Gasteiger partial charge is 0.145 e. The molecule has 0 amide bonds. The van der Waals surface area contributed by atoms with Crippen molar-refractivity contribution in [3.05, 3.63) is 39.9 Å². The molecule has 20 heavy (non-hydrogen) atoms. The Morgan fingerprint density at radius 2 is 1.95 bits per heavy atom. The number of aryl methyl sites for hydroxylation is 2. The molecular formula is C13H15BrFN5. The SMILES string of the molecule is CCc1nc(NN)cc(Nc2cc(Br)c(F)cc2C)n1. The van der Waals surface area contributed by atoms with Crippen LogP contribution in [0.4, 0.5) is 21.7 Å². The molecule has 0 aliphatic heterocycles. The maximum atomic E-state index is 13.4. The second-order valence-corrected chi connectivity index (χ2v) is 5.11. The fourth-order valence-electron chi connectivity index (χ4n) is 1.71. The van der Waals surface area contributed by atoms with E-state index in [4.69, 9.17) is 5.84 Å². The lowest BCUT2D eigenvalue weighted by atomic mass is 10.2. The number of hydrogen-bond donors (Lipinski definition) is 3. The van der Waals surface area contributed by atoms with Crippen molar-refractivity contribution in [2.75, 3.05) is 10.7 Å². The highest BCUT2D eigenvalue weighted by atomic mass is 79.9. The molecule has 0 saturated carbocycles. The van der Waals surface area contributed by atoms with Crippen molar-refractivity contribution in [1.82, 2.24) is 9.97 Å². The number of hydrogen-bond acceptors (Lipinski definition) is 5. The zero-order valence-electron chi connectivity index (χ0n) is 11.2. The molecule has 0 spiro atoms. The molecule has 2 rings (SSSR count). The fraction of sp³-hybridized carbons (Fsp3) is 0.231. The Balaban J connectivity index is 2.36. The first-order chi connectivity index (χ1) is 9.53. The minimum absolute atomic E-state index is 0.297. The van der Waals surface area contributed by atoms with Crippen LogP contribution in [-0.4, -0.2) is 9.97 Å². The number of rotatable bonds is 4. The standard InChI is InChI=1S/C13H15BrFN5/c1-3-11-18-12(6-13(19-11)20-16)17-10-5-8(14)9(15)4-7(10)2/h4-6H,3,16H2,1-2H3,(H2,17,18,19,20).